The highest BCUT2D eigenvalue weighted by molar-refractivity contribution is 5.93. The van der Waals surface area contributed by atoms with Crippen LogP contribution in [-0.2, 0) is 4.79 Å². The standard InChI is InChI=1S/C15H19N3O2/c1-15(2,14(16)19)9-18-13-12-8-11(20-3)5-4-10(12)6-7-17-13/h4-8H,9H2,1-3H3,(H2,16,19)(H,17,18). The molecule has 20 heavy (non-hydrogen) atoms. The summed E-state index contributed by atoms with van der Waals surface area (Å²) in [5.41, 5.74) is 4.74. The van der Waals surface area contributed by atoms with Crippen LogP contribution in [0.4, 0.5) is 5.82 Å². The van der Waals surface area contributed by atoms with Crippen LogP contribution in [0.2, 0.25) is 0 Å². The Labute approximate surface area is 118 Å². The van der Waals surface area contributed by atoms with Crippen molar-refractivity contribution in [3.05, 3.63) is 30.5 Å². The molecule has 0 aliphatic rings. The van der Waals surface area contributed by atoms with Crippen molar-refractivity contribution in [2.75, 3.05) is 19.0 Å². The number of nitrogens with one attached hydrogen (secondary N) is 1. The Balaban J connectivity index is 2.32. The lowest BCUT2D eigenvalue weighted by Gasteiger charge is -2.21. The predicted molar refractivity (Wildman–Crippen MR) is 79.8 cm³/mol. The van der Waals surface area contributed by atoms with Gasteiger partial charge in [-0.25, -0.2) is 4.98 Å². The van der Waals surface area contributed by atoms with Gasteiger partial charge in [-0.2, -0.15) is 0 Å². The molecule has 1 aromatic heterocycles. The quantitative estimate of drug-likeness (QED) is 0.875. The number of rotatable bonds is 5. The van der Waals surface area contributed by atoms with Crippen LogP contribution in [0.5, 0.6) is 5.75 Å². The van der Waals surface area contributed by atoms with Gasteiger partial charge in [-0.1, -0.05) is 6.07 Å². The smallest absolute Gasteiger partial charge is 0.224 e. The Morgan fingerprint density at radius 2 is 2.15 bits per heavy atom. The second-order valence-corrected chi connectivity index (χ2v) is 5.35. The Morgan fingerprint density at radius 3 is 2.80 bits per heavy atom. The molecule has 1 heterocycles. The molecule has 0 unspecified atom stereocenters. The highest BCUT2D eigenvalue weighted by Crippen LogP contribution is 2.26. The van der Waals surface area contributed by atoms with Crippen LogP contribution in [0.3, 0.4) is 0 Å². The average Bonchev–Trinajstić information content (AvgIpc) is 2.44. The fourth-order valence-corrected chi connectivity index (χ4v) is 1.81. The zero-order chi connectivity index (χ0) is 14.8. The van der Waals surface area contributed by atoms with E-state index in [0.717, 1.165) is 22.3 Å². The van der Waals surface area contributed by atoms with E-state index in [4.69, 9.17) is 10.5 Å². The van der Waals surface area contributed by atoms with Gasteiger partial charge in [0.2, 0.25) is 5.91 Å². The molecule has 5 nitrogen and oxygen atoms in total. The maximum absolute atomic E-state index is 11.3. The molecule has 1 aromatic carbocycles. The number of primary amides is 1. The van der Waals surface area contributed by atoms with Gasteiger partial charge in [-0.3, -0.25) is 4.79 Å². The first kappa shape index (κ1) is 14.1. The summed E-state index contributed by atoms with van der Waals surface area (Å²) in [6.45, 7) is 4.02. The van der Waals surface area contributed by atoms with Crippen molar-refractivity contribution in [2.45, 2.75) is 13.8 Å². The van der Waals surface area contributed by atoms with E-state index in [9.17, 15) is 4.79 Å². The van der Waals surface area contributed by atoms with Gasteiger partial charge in [0, 0.05) is 18.1 Å². The zero-order valence-corrected chi connectivity index (χ0v) is 11.9. The number of hydrogen-bond acceptors (Lipinski definition) is 4. The van der Waals surface area contributed by atoms with Gasteiger partial charge in [-0.05, 0) is 37.4 Å². The van der Waals surface area contributed by atoms with Crippen LogP contribution in [0, 0.1) is 5.41 Å². The van der Waals surface area contributed by atoms with E-state index in [0.29, 0.717) is 6.54 Å². The second-order valence-electron chi connectivity index (χ2n) is 5.35. The highest BCUT2D eigenvalue weighted by Gasteiger charge is 2.24. The molecule has 3 N–H and O–H groups in total. The molecule has 0 radical (unpaired) electrons. The molecular formula is C15H19N3O2. The van der Waals surface area contributed by atoms with Crippen molar-refractivity contribution in [3.63, 3.8) is 0 Å². The lowest BCUT2D eigenvalue weighted by molar-refractivity contribution is -0.125. The minimum Gasteiger partial charge on any atom is -0.497 e. The topological polar surface area (TPSA) is 77.2 Å². The van der Waals surface area contributed by atoms with Crippen molar-refractivity contribution in [1.82, 2.24) is 4.98 Å². The fourth-order valence-electron chi connectivity index (χ4n) is 1.81. The van der Waals surface area contributed by atoms with Crippen molar-refractivity contribution in [1.29, 1.82) is 0 Å². The first-order chi connectivity index (χ1) is 9.44. The number of pyridine rings is 1. The second kappa shape index (κ2) is 5.36. The molecular weight excluding hydrogens is 254 g/mol. The van der Waals surface area contributed by atoms with Crippen LogP contribution in [0.25, 0.3) is 10.8 Å². The largest absolute Gasteiger partial charge is 0.497 e. The normalized spacial score (nSPS) is 11.3. The number of nitrogens with zero attached hydrogens (tertiary/aromatic N) is 1. The molecule has 0 aliphatic heterocycles. The molecule has 1 amide bonds. The third-order valence-electron chi connectivity index (χ3n) is 3.34. The summed E-state index contributed by atoms with van der Waals surface area (Å²) in [5.74, 6) is 1.14. The molecule has 0 saturated heterocycles. The summed E-state index contributed by atoms with van der Waals surface area (Å²) in [7, 11) is 1.63. The molecule has 0 bridgehead atoms. The van der Waals surface area contributed by atoms with E-state index < -0.39 is 5.41 Å². The monoisotopic (exact) mass is 273 g/mol. The Bertz CT molecular complexity index is 638. The number of carbonyl (C=O) groups is 1. The number of aromatic nitrogens is 1. The van der Waals surface area contributed by atoms with Gasteiger partial charge in [0.25, 0.3) is 0 Å². The zero-order valence-electron chi connectivity index (χ0n) is 11.9. The number of amides is 1. The van der Waals surface area contributed by atoms with Crippen LogP contribution in [0.15, 0.2) is 30.5 Å². The van der Waals surface area contributed by atoms with Crippen LogP contribution in [0.1, 0.15) is 13.8 Å². The summed E-state index contributed by atoms with van der Waals surface area (Å²) in [6, 6.07) is 7.72. The highest BCUT2D eigenvalue weighted by atomic mass is 16.5. The summed E-state index contributed by atoms with van der Waals surface area (Å²) in [6.07, 6.45) is 1.73. The van der Waals surface area contributed by atoms with Gasteiger partial charge >= 0.3 is 0 Å². The van der Waals surface area contributed by atoms with E-state index in [1.54, 1.807) is 27.2 Å². The van der Waals surface area contributed by atoms with E-state index in [-0.39, 0.29) is 5.91 Å². The maximum atomic E-state index is 11.3. The number of ether oxygens (including phenoxy) is 1. The fraction of sp³-hybridized carbons (Fsp3) is 0.333. The molecule has 0 fully saturated rings. The summed E-state index contributed by atoms with van der Waals surface area (Å²) >= 11 is 0. The number of anilines is 1. The van der Waals surface area contributed by atoms with Crippen molar-refractivity contribution >= 4 is 22.5 Å². The molecule has 0 atom stereocenters. The van der Waals surface area contributed by atoms with Crippen LogP contribution < -0.4 is 15.8 Å². The first-order valence-electron chi connectivity index (χ1n) is 6.40. The number of nitrogens with two attached hydrogens (primary N) is 1. The van der Waals surface area contributed by atoms with Crippen molar-refractivity contribution in [3.8, 4) is 5.75 Å². The first-order valence-corrected chi connectivity index (χ1v) is 6.40. The molecule has 5 heteroatoms. The molecule has 2 rings (SSSR count). The van der Waals surface area contributed by atoms with E-state index >= 15 is 0 Å². The van der Waals surface area contributed by atoms with Crippen LogP contribution >= 0.6 is 0 Å². The average molecular weight is 273 g/mol. The third-order valence-corrected chi connectivity index (χ3v) is 3.34. The number of benzene rings is 1. The number of methoxy groups -OCH3 is 1. The van der Waals surface area contributed by atoms with E-state index in [1.807, 2.05) is 24.3 Å². The number of fused-ring (bicyclic) bond motifs is 1. The SMILES string of the molecule is COc1ccc2ccnc(NCC(C)(C)C(N)=O)c2c1. The molecule has 0 aliphatic carbocycles. The summed E-state index contributed by atoms with van der Waals surface area (Å²) in [5, 5.41) is 5.20. The van der Waals surface area contributed by atoms with E-state index in [1.165, 1.54) is 0 Å². The van der Waals surface area contributed by atoms with Gasteiger partial charge in [-0.15, -0.1) is 0 Å². The third kappa shape index (κ3) is 2.82. The minimum atomic E-state index is -0.636. The lowest BCUT2D eigenvalue weighted by atomic mass is 9.93. The molecule has 2 aromatic rings. The Morgan fingerprint density at radius 1 is 1.40 bits per heavy atom. The van der Waals surface area contributed by atoms with E-state index in [2.05, 4.69) is 10.3 Å². The van der Waals surface area contributed by atoms with Gasteiger partial charge < -0.3 is 15.8 Å². The number of hydrogen-bond donors (Lipinski definition) is 2. The van der Waals surface area contributed by atoms with Crippen molar-refractivity contribution in [2.24, 2.45) is 11.1 Å². The maximum Gasteiger partial charge on any atom is 0.224 e. The predicted octanol–water partition coefficient (Wildman–Crippen LogP) is 2.17. The Kier molecular flexibility index (Phi) is 3.79. The molecule has 106 valence electrons. The van der Waals surface area contributed by atoms with Gasteiger partial charge in [0.15, 0.2) is 0 Å². The van der Waals surface area contributed by atoms with Crippen molar-refractivity contribution < 1.29 is 9.53 Å². The minimum absolute atomic E-state index is 0.345. The number of carbonyl (C=O) groups excluding carboxylic acids is 1. The van der Waals surface area contributed by atoms with Gasteiger partial charge in [0.1, 0.15) is 11.6 Å². The van der Waals surface area contributed by atoms with Gasteiger partial charge in [0.05, 0.1) is 12.5 Å². The summed E-state index contributed by atoms with van der Waals surface area (Å²) in [4.78, 5) is 15.7. The molecule has 0 saturated carbocycles. The van der Waals surface area contributed by atoms with Crippen LogP contribution in [-0.4, -0.2) is 24.5 Å². The lowest BCUT2D eigenvalue weighted by Crippen LogP contribution is -2.37. The Hall–Kier alpha value is -2.30. The summed E-state index contributed by atoms with van der Waals surface area (Å²) < 4.78 is 5.23. The molecule has 0 spiro atoms.